The van der Waals surface area contributed by atoms with E-state index in [4.69, 9.17) is 4.74 Å². The number of unbranched alkanes of at least 4 members (excludes halogenated alkanes) is 4. The van der Waals surface area contributed by atoms with E-state index in [0.717, 1.165) is 31.6 Å². The fourth-order valence-electron chi connectivity index (χ4n) is 5.04. The zero-order valence-electron chi connectivity index (χ0n) is 19.2. The van der Waals surface area contributed by atoms with Crippen LogP contribution in [-0.2, 0) is 16.2 Å². The summed E-state index contributed by atoms with van der Waals surface area (Å²) in [5.41, 5.74) is 4.47. The lowest BCUT2D eigenvalue weighted by Gasteiger charge is -2.43. The van der Waals surface area contributed by atoms with Gasteiger partial charge in [-0.05, 0) is 67.1 Å². The lowest BCUT2D eigenvalue weighted by Crippen LogP contribution is -2.35. The summed E-state index contributed by atoms with van der Waals surface area (Å²) in [6, 6.07) is 4.77. The summed E-state index contributed by atoms with van der Waals surface area (Å²) in [6.45, 7) is 14.5. The van der Waals surface area contributed by atoms with Crippen molar-refractivity contribution in [3.8, 4) is 5.75 Å². The fourth-order valence-corrected chi connectivity index (χ4v) is 5.04. The molecule has 0 amide bonds. The lowest BCUT2D eigenvalue weighted by atomic mass is 9.62. The Kier molecular flexibility index (Phi) is 6.21. The van der Waals surface area contributed by atoms with Crippen molar-refractivity contribution in [2.75, 3.05) is 6.61 Å². The zero-order chi connectivity index (χ0) is 20.6. The Balaban J connectivity index is 1.93. The fraction of sp³-hybridized carbons (Fsp3) is 0.769. The van der Waals surface area contributed by atoms with Gasteiger partial charge in [0.2, 0.25) is 0 Å². The zero-order valence-corrected chi connectivity index (χ0v) is 19.2. The maximum absolute atomic E-state index is 10.6. The Morgan fingerprint density at radius 2 is 1.43 bits per heavy atom. The molecule has 0 bridgehead atoms. The highest BCUT2D eigenvalue weighted by Gasteiger charge is 2.51. The second-order valence-electron chi connectivity index (χ2n) is 10.8. The van der Waals surface area contributed by atoms with Crippen LogP contribution in [0.2, 0.25) is 0 Å². The van der Waals surface area contributed by atoms with E-state index in [1.165, 1.54) is 55.2 Å². The maximum atomic E-state index is 10.6. The quantitative estimate of drug-likeness (QED) is 0.473. The van der Waals surface area contributed by atoms with Gasteiger partial charge in [0.25, 0.3) is 0 Å². The van der Waals surface area contributed by atoms with Crippen molar-refractivity contribution in [3.63, 3.8) is 0 Å². The Hall–Kier alpha value is -1.02. The second kappa shape index (κ2) is 8.01. The average Bonchev–Trinajstić information content (AvgIpc) is 3.43. The van der Waals surface area contributed by atoms with Crippen LogP contribution < -0.4 is 4.74 Å². The molecular weight excluding hydrogens is 344 g/mol. The lowest BCUT2D eigenvalue weighted by molar-refractivity contribution is 0.148. The van der Waals surface area contributed by atoms with Gasteiger partial charge >= 0.3 is 0 Å². The molecule has 2 aliphatic carbocycles. The first-order valence-corrected chi connectivity index (χ1v) is 11.6. The van der Waals surface area contributed by atoms with Gasteiger partial charge in [0.05, 0.1) is 12.7 Å². The third kappa shape index (κ3) is 4.13. The van der Waals surface area contributed by atoms with Crippen molar-refractivity contribution in [1.29, 1.82) is 0 Å². The molecule has 3 rings (SSSR count). The summed E-state index contributed by atoms with van der Waals surface area (Å²) in [7, 11) is 0. The third-order valence-corrected chi connectivity index (χ3v) is 7.58. The van der Waals surface area contributed by atoms with E-state index >= 15 is 0 Å². The topological polar surface area (TPSA) is 29.5 Å². The number of aliphatic hydroxyl groups excluding tert-OH is 1. The van der Waals surface area contributed by atoms with Crippen LogP contribution in [0.3, 0.4) is 0 Å². The first-order chi connectivity index (χ1) is 13.1. The van der Waals surface area contributed by atoms with Crippen LogP contribution in [-0.4, -0.2) is 17.8 Å². The molecule has 1 fully saturated rings. The number of benzene rings is 1. The van der Waals surface area contributed by atoms with Gasteiger partial charge in [0, 0.05) is 11.0 Å². The van der Waals surface area contributed by atoms with Crippen LogP contribution in [0.1, 0.15) is 116 Å². The third-order valence-electron chi connectivity index (χ3n) is 7.58. The minimum absolute atomic E-state index is 0.0930. The molecule has 0 heterocycles. The van der Waals surface area contributed by atoms with Crippen molar-refractivity contribution in [1.82, 2.24) is 0 Å². The molecule has 1 aromatic rings. The number of aliphatic hydroxyl groups is 1. The van der Waals surface area contributed by atoms with Crippen LogP contribution in [0.15, 0.2) is 12.1 Å². The van der Waals surface area contributed by atoms with Crippen LogP contribution in [0.4, 0.5) is 0 Å². The average molecular weight is 387 g/mol. The van der Waals surface area contributed by atoms with Crippen LogP contribution >= 0.6 is 0 Å². The van der Waals surface area contributed by atoms with Crippen molar-refractivity contribution in [2.24, 2.45) is 0 Å². The minimum Gasteiger partial charge on any atom is -0.493 e. The summed E-state index contributed by atoms with van der Waals surface area (Å²) in [6.07, 6.45) is 10.5. The highest BCUT2D eigenvalue weighted by atomic mass is 16.5. The molecule has 1 aromatic carbocycles. The highest BCUT2D eigenvalue weighted by Crippen LogP contribution is 2.57. The summed E-state index contributed by atoms with van der Waals surface area (Å²) < 4.78 is 6.41. The summed E-state index contributed by atoms with van der Waals surface area (Å²) in [5.74, 6) is 1.04. The first-order valence-electron chi connectivity index (χ1n) is 11.6. The van der Waals surface area contributed by atoms with Crippen molar-refractivity contribution in [2.45, 2.75) is 122 Å². The Morgan fingerprint density at radius 1 is 0.857 bits per heavy atom. The molecule has 1 atom stereocenters. The van der Waals surface area contributed by atoms with Gasteiger partial charge in [-0.1, -0.05) is 66.4 Å². The maximum Gasteiger partial charge on any atom is 0.123 e. The van der Waals surface area contributed by atoms with Crippen molar-refractivity contribution in [3.05, 3.63) is 28.8 Å². The molecule has 0 aromatic heterocycles. The molecule has 28 heavy (non-hydrogen) atoms. The van der Waals surface area contributed by atoms with Gasteiger partial charge in [-0.2, -0.15) is 0 Å². The number of rotatable bonds is 9. The van der Waals surface area contributed by atoms with Gasteiger partial charge < -0.3 is 9.84 Å². The smallest absolute Gasteiger partial charge is 0.123 e. The van der Waals surface area contributed by atoms with Crippen LogP contribution in [0.5, 0.6) is 5.75 Å². The van der Waals surface area contributed by atoms with E-state index < -0.39 is 0 Å². The van der Waals surface area contributed by atoms with Gasteiger partial charge in [0.1, 0.15) is 5.75 Å². The van der Waals surface area contributed by atoms with E-state index in [1.807, 2.05) is 6.92 Å². The standard InChI is InChI=1S/C26H42O2/c1-7-8-9-10-11-16-28-23-18-21-20(24(3,4)12-13-25(21,5)6)17-22(23)26(14-15-26)19(2)27/h17-19,27H,7-16H2,1-6H3. The van der Waals surface area contributed by atoms with E-state index in [2.05, 4.69) is 46.8 Å². The van der Waals surface area contributed by atoms with E-state index in [-0.39, 0.29) is 22.3 Å². The molecule has 1 unspecified atom stereocenters. The molecule has 0 saturated heterocycles. The predicted molar refractivity (Wildman–Crippen MR) is 119 cm³/mol. The number of ether oxygens (including phenoxy) is 1. The van der Waals surface area contributed by atoms with Gasteiger partial charge in [-0.25, -0.2) is 0 Å². The van der Waals surface area contributed by atoms with E-state index in [1.54, 1.807) is 0 Å². The van der Waals surface area contributed by atoms with Crippen LogP contribution in [0.25, 0.3) is 0 Å². The molecular formula is C26H42O2. The van der Waals surface area contributed by atoms with Crippen LogP contribution in [0, 0.1) is 0 Å². The van der Waals surface area contributed by atoms with Crippen molar-refractivity contribution >= 4 is 0 Å². The summed E-state index contributed by atoms with van der Waals surface area (Å²) in [5, 5.41) is 10.6. The van der Waals surface area contributed by atoms with E-state index in [9.17, 15) is 5.11 Å². The van der Waals surface area contributed by atoms with Gasteiger partial charge in [-0.3, -0.25) is 0 Å². The molecule has 0 spiro atoms. The molecule has 1 saturated carbocycles. The Morgan fingerprint density at radius 3 is 1.96 bits per heavy atom. The first kappa shape index (κ1) is 21.7. The number of hydrogen-bond acceptors (Lipinski definition) is 2. The molecule has 158 valence electrons. The Labute approximate surface area is 173 Å². The number of fused-ring (bicyclic) bond motifs is 1. The monoisotopic (exact) mass is 386 g/mol. The number of hydrogen-bond donors (Lipinski definition) is 1. The SMILES string of the molecule is CCCCCCCOc1cc2c(cc1C1(C(C)O)CC1)C(C)(C)CCC2(C)C. The van der Waals surface area contributed by atoms with E-state index in [0.29, 0.717) is 0 Å². The molecule has 0 aliphatic heterocycles. The van der Waals surface area contributed by atoms with Crippen molar-refractivity contribution < 1.29 is 9.84 Å². The molecule has 0 radical (unpaired) electrons. The largest absolute Gasteiger partial charge is 0.493 e. The highest BCUT2D eigenvalue weighted by molar-refractivity contribution is 5.54. The molecule has 2 nitrogen and oxygen atoms in total. The Bertz CT molecular complexity index is 680. The predicted octanol–water partition coefficient (Wildman–Crippen LogP) is 6.80. The summed E-state index contributed by atoms with van der Waals surface area (Å²) >= 11 is 0. The molecule has 2 heteroatoms. The molecule has 1 N–H and O–H groups in total. The van der Waals surface area contributed by atoms with Gasteiger partial charge in [0.15, 0.2) is 0 Å². The minimum atomic E-state index is -0.322. The summed E-state index contributed by atoms with van der Waals surface area (Å²) in [4.78, 5) is 0. The molecule has 2 aliphatic rings. The normalized spacial score (nSPS) is 22.4. The van der Waals surface area contributed by atoms with Gasteiger partial charge in [-0.15, -0.1) is 0 Å². The second-order valence-corrected chi connectivity index (χ2v) is 10.8.